The Balaban J connectivity index is -0.0000000800. The fourth-order valence-corrected chi connectivity index (χ4v) is 1.34. The van der Waals surface area contributed by atoms with E-state index in [1.165, 1.54) is 25.9 Å². The van der Waals surface area contributed by atoms with Gasteiger partial charge in [-0.3, -0.25) is 0 Å². The van der Waals surface area contributed by atoms with Crippen LogP contribution in [-0.4, -0.2) is 75.3 Å². The van der Waals surface area contributed by atoms with E-state index in [0.29, 0.717) is 0 Å². The molecule has 0 unspecified atom stereocenters. The molecule has 0 aliphatic rings. The third-order valence-electron chi connectivity index (χ3n) is 1.79. The summed E-state index contributed by atoms with van der Waals surface area (Å²) in [6.07, 6.45) is 2.56. The zero-order valence-corrected chi connectivity index (χ0v) is 12.6. The van der Waals surface area contributed by atoms with E-state index in [1.54, 1.807) is 0 Å². The molecule has 0 rings (SSSR count). The largest absolute Gasteiger partial charge is 0.870 e. The van der Waals surface area contributed by atoms with Crippen LogP contribution in [0.1, 0.15) is 26.7 Å². The van der Waals surface area contributed by atoms with E-state index >= 15 is 0 Å². The highest BCUT2D eigenvalue weighted by atomic mass is 16.0. The highest BCUT2D eigenvalue weighted by molar-refractivity contribution is 4.21. The number of quaternary nitrogens is 2. The second kappa shape index (κ2) is 11.3. The van der Waals surface area contributed by atoms with Gasteiger partial charge in [0.05, 0.1) is 55.4 Å². The molecule has 0 aromatic carbocycles. The normalized spacial score (nSPS) is 10.5. The Bertz CT molecular complexity index is 110. The maximum atomic E-state index is 2.21. The molecule has 0 aromatic heterocycles. The van der Waals surface area contributed by atoms with Gasteiger partial charge < -0.3 is 19.9 Å². The fraction of sp³-hybridized carbons (Fsp3) is 1.00. The number of hydrogen-bond donors (Lipinski definition) is 0. The van der Waals surface area contributed by atoms with Gasteiger partial charge in [-0.1, -0.05) is 13.8 Å². The Morgan fingerprint density at radius 3 is 0.750 bits per heavy atom. The Morgan fingerprint density at radius 1 is 0.562 bits per heavy atom. The van der Waals surface area contributed by atoms with Crippen molar-refractivity contribution in [3.8, 4) is 0 Å². The standard InChI is InChI=1S/2C6H16N.2H2O/c2*1-5-6-7(2,3)4;;/h2*5-6H2,1-4H3;2*1H2/q2*+1;;/p-2. The molecule has 2 N–H and O–H groups in total. The van der Waals surface area contributed by atoms with Crippen LogP contribution in [0.25, 0.3) is 0 Å². The first kappa shape index (κ1) is 24.9. The van der Waals surface area contributed by atoms with Crippen LogP contribution in [0.3, 0.4) is 0 Å². The summed E-state index contributed by atoms with van der Waals surface area (Å²) in [7, 11) is 13.3. The van der Waals surface area contributed by atoms with Gasteiger partial charge in [-0.15, -0.1) is 0 Å². The van der Waals surface area contributed by atoms with E-state index in [4.69, 9.17) is 0 Å². The molecule has 0 heterocycles. The zero-order valence-electron chi connectivity index (χ0n) is 12.6. The zero-order chi connectivity index (χ0) is 11.8. The smallest absolute Gasteiger partial charge is 0.0777 e. The van der Waals surface area contributed by atoms with Crippen LogP contribution in [0.15, 0.2) is 0 Å². The van der Waals surface area contributed by atoms with Crippen LogP contribution in [0.2, 0.25) is 0 Å². The van der Waals surface area contributed by atoms with Gasteiger partial charge in [-0.2, -0.15) is 0 Å². The summed E-state index contributed by atoms with van der Waals surface area (Å²) < 4.78 is 2.19. The summed E-state index contributed by atoms with van der Waals surface area (Å²) in [5.74, 6) is 0. The number of rotatable bonds is 4. The topological polar surface area (TPSA) is 60.0 Å². The van der Waals surface area contributed by atoms with E-state index in [2.05, 4.69) is 56.1 Å². The summed E-state index contributed by atoms with van der Waals surface area (Å²) in [4.78, 5) is 0. The second-order valence-corrected chi connectivity index (χ2v) is 6.03. The average molecular weight is 238 g/mol. The molecule has 0 amide bonds. The van der Waals surface area contributed by atoms with Crippen LogP contribution < -0.4 is 0 Å². The lowest BCUT2D eigenvalue weighted by Crippen LogP contribution is -2.34. The molecule has 4 nitrogen and oxygen atoms in total. The van der Waals surface area contributed by atoms with Gasteiger partial charge >= 0.3 is 0 Å². The molecule has 4 heteroatoms. The highest BCUT2D eigenvalue weighted by Gasteiger charge is 2.01. The van der Waals surface area contributed by atoms with Crippen LogP contribution >= 0.6 is 0 Å². The van der Waals surface area contributed by atoms with Gasteiger partial charge in [0.2, 0.25) is 0 Å². The first-order chi connectivity index (χ1) is 6.12. The summed E-state index contributed by atoms with van der Waals surface area (Å²) in [6, 6.07) is 0. The van der Waals surface area contributed by atoms with Crippen molar-refractivity contribution in [1.82, 2.24) is 0 Å². The minimum absolute atomic E-state index is 0. The monoisotopic (exact) mass is 238 g/mol. The van der Waals surface area contributed by atoms with Gasteiger partial charge in [0.25, 0.3) is 0 Å². The molecule has 0 saturated heterocycles. The van der Waals surface area contributed by atoms with Crippen molar-refractivity contribution >= 4 is 0 Å². The van der Waals surface area contributed by atoms with Crippen molar-refractivity contribution in [2.45, 2.75) is 26.7 Å². The van der Waals surface area contributed by atoms with Crippen LogP contribution in [0.5, 0.6) is 0 Å². The molecule has 0 atom stereocenters. The van der Waals surface area contributed by atoms with Gasteiger partial charge in [0.1, 0.15) is 0 Å². The minimum Gasteiger partial charge on any atom is -0.870 e. The van der Waals surface area contributed by atoms with Gasteiger partial charge in [-0.05, 0) is 12.8 Å². The van der Waals surface area contributed by atoms with Crippen molar-refractivity contribution in [3.63, 3.8) is 0 Å². The number of nitrogens with zero attached hydrogens (tertiary/aromatic N) is 2. The first-order valence-electron chi connectivity index (χ1n) is 5.73. The van der Waals surface area contributed by atoms with Crippen LogP contribution in [0, 0.1) is 0 Å². The number of hydrogen-bond acceptors (Lipinski definition) is 2. The predicted octanol–water partition coefficient (Wildman–Crippen LogP) is 1.85. The average Bonchev–Trinajstić information content (AvgIpc) is 1.81. The SMILES string of the molecule is CCC[N+](C)(C)C.CCC[N+](C)(C)C.[OH-].[OH-]. The van der Waals surface area contributed by atoms with Crippen LogP contribution in [0.4, 0.5) is 0 Å². The Hall–Kier alpha value is -0.160. The van der Waals surface area contributed by atoms with Crippen molar-refractivity contribution in [1.29, 1.82) is 0 Å². The predicted molar refractivity (Wildman–Crippen MR) is 70.3 cm³/mol. The second-order valence-electron chi connectivity index (χ2n) is 6.03. The molecular formula is C12H34N2O2. The summed E-state index contributed by atoms with van der Waals surface area (Å²) >= 11 is 0. The summed E-state index contributed by atoms with van der Waals surface area (Å²) in [6.45, 7) is 6.98. The van der Waals surface area contributed by atoms with Crippen molar-refractivity contribution in [3.05, 3.63) is 0 Å². The molecule has 0 bridgehead atoms. The lowest BCUT2D eigenvalue weighted by molar-refractivity contribution is -0.870. The molecule has 0 fully saturated rings. The molecular weight excluding hydrogens is 204 g/mol. The molecule has 0 aromatic rings. The third kappa shape index (κ3) is 37.1. The molecule has 0 saturated carbocycles. The van der Waals surface area contributed by atoms with E-state index in [1.807, 2.05) is 0 Å². The minimum atomic E-state index is 0. The van der Waals surface area contributed by atoms with E-state index in [9.17, 15) is 0 Å². The Morgan fingerprint density at radius 2 is 0.750 bits per heavy atom. The molecule has 0 aliphatic carbocycles. The van der Waals surface area contributed by atoms with Crippen molar-refractivity contribution < 1.29 is 19.9 Å². The Kier molecular flexibility index (Phi) is 17.6. The summed E-state index contributed by atoms with van der Waals surface area (Å²) in [5.41, 5.74) is 0. The van der Waals surface area contributed by atoms with Crippen LogP contribution in [-0.2, 0) is 0 Å². The quantitative estimate of drug-likeness (QED) is 0.702. The Labute approximate surface area is 103 Å². The maximum absolute atomic E-state index is 2.21. The van der Waals surface area contributed by atoms with Crippen molar-refractivity contribution in [2.75, 3.05) is 55.4 Å². The molecule has 16 heavy (non-hydrogen) atoms. The lowest BCUT2D eigenvalue weighted by Gasteiger charge is -2.22. The molecule has 0 radical (unpaired) electrons. The first-order valence-corrected chi connectivity index (χ1v) is 5.73. The fourth-order valence-electron chi connectivity index (χ4n) is 1.34. The molecule has 0 aliphatic heterocycles. The van der Waals surface area contributed by atoms with Gasteiger partial charge in [0, 0.05) is 0 Å². The van der Waals surface area contributed by atoms with Gasteiger partial charge in [-0.25, -0.2) is 0 Å². The highest BCUT2D eigenvalue weighted by Crippen LogP contribution is 1.90. The molecule has 0 spiro atoms. The van der Waals surface area contributed by atoms with Crippen molar-refractivity contribution in [2.24, 2.45) is 0 Å². The lowest BCUT2D eigenvalue weighted by atomic mass is 10.4. The van der Waals surface area contributed by atoms with E-state index < -0.39 is 0 Å². The van der Waals surface area contributed by atoms with Gasteiger partial charge in [0.15, 0.2) is 0 Å². The summed E-state index contributed by atoms with van der Waals surface area (Å²) in [5, 5.41) is 0. The molecule has 104 valence electrons. The van der Waals surface area contributed by atoms with E-state index in [-0.39, 0.29) is 11.0 Å². The maximum Gasteiger partial charge on any atom is 0.0777 e. The third-order valence-corrected chi connectivity index (χ3v) is 1.79. The van der Waals surface area contributed by atoms with E-state index in [0.717, 1.165) is 8.97 Å².